The summed E-state index contributed by atoms with van der Waals surface area (Å²) in [6, 6.07) is 24.3. The quantitative estimate of drug-likeness (QED) is 0.292. The van der Waals surface area contributed by atoms with Crippen molar-refractivity contribution in [2.24, 2.45) is 0 Å². The van der Waals surface area contributed by atoms with Crippen molar-refractivity contribution in [2.45, 2.75) is 32.4 Å². The van der Waals surface area contributed by atoms with E-state index in [1.807, 2.05) is 36.4 Å². The first-order valence-electron chi connectivity index (χ1n) is 12.6. The molecule has 0 aromatic heterocycles. The van der Waals surface area contributed by atoms with Crippen LogP contribution in [0.2, 0.25) is 0 Å². The summed E-state index contributed by atoms with van der Waals surface area (Å²) < 4.78 is 11.2. The topological polar surface area (TPSA) is 65.1 Å². The number of methoxy groups -OCH3 is 1. The molecule has 0 bridgehead atoms. The Bertz CT molecular complexity index is 1210. The molecule has 0 amide bonds. The summed E-state index contributed by atoms with van der Waals surface area (Å²) in [6.45, 7) is 7.19. The SMILES string of the molecule is CC#C[C@@H](CC(=O)[O-])c1ccc(OCc2ccc(CN3CCN(c4ccc(OC)cc4)CC3)cc2)cc1.[Na+]. The van der Waals surface area contributed by atoms with Gasteiger partial charge in [0.1, 0.15) is 18.1 Å². The third-order valence-corrected chi connectivity index (χ3v) is 6.62. The summed E-state index contributed by atoms with van der Waals surface area (Å²) in [5, 5.41) is 11.0. The van der Waals surface area contributed by atoms with Gasteiger partial charge in [-0.1, -0.05) is 42.3 Å². The zero-order valence-corrected chi connectivity index (χ0v) is 24.5. The minimum atomic E-state index is -1.10. The van der Waals surface area contributed by atoms with Crippen LogP contribution >= 0.6 is 0 Å². The van der Waals surface area contributed by atoms with Gasteiger partial charge in [-0.15, -0.1) is 5.92 Å². The second-order valence-electron chi connectivity index (χ2n) is 9.16. The molecular formula is C31H33N2NaO4. The molecule has 3 aromatic rings. The predicted molar refractivity (Wildman–Crippen MR) is 144 cm³/mol. The third kappa shape index (κ3) is 8.54. The minimum absolute atomic E-state index is 0. The van der Waals surface area contributed by atoms with Crippen LogP contribution in [0.5, 0.6) is 11.5 Å². The van der Waals surface area contributed by atoms with Crippen molar-refractivity contribution in [3.8, 4) is 23.3 Å². The van der Waals surface area contributed by atoms with Crippen molar-refractivity contribution in [1.82, 2.24) is 4.90 Å². The molecule has 0 unspecified atom stereocenters. The zero-order valence-electron chi connectivity index (χ0n) is 22.5. The van der Waals surface area contributed by atoms with Gasteiger partial charge < -0.3 is 24.3 Å². The Labute approximate surface area is 247 Å². The van der Waals surface area contributed by atoms with E-state index in [9.17, 15) is 9.90 Å². The van der Waals surface area contributed by atoms with Crippen LogP contribution in [0.25, 0.3) is 0 Å². The van der Waals surface area contributed by atoms with Crippen molar-refractivity contribution in [1.29, 1.82) is 0 Å². The Hall–Kier alpha value is -2.95. The summed E-state index contributed by atoms with van der Waals surface area (Å²) in [7, 11) is 1.69. The molecule has 1 saturated heterocycles. The van der Waals surface area contributed by atoms with Crippen LogP contribution in [-0.2, 0) is 17.9 Å². The van der Waals surface area contributed by atoms with Gasteiger partial charge in [-0.05, 0) is 60.0 Å². The summed E-state index contributed by atoms with van der Waals surface area (Å²) >= 11 is 0. The van der Waals surface area contributed by atoms with Gasteiger partial charge in [0.05, 0.1) is 13.0 Å². The van der Waals surface area contributed by atoms with Crippen LogP contribution in [0, 0.1) is 11.8 Å². The number of hydrogen-bond donors (Lipinski definition) is 0. The summed E-state index contributed by atoms with van der Waals surface area (Å²) in [5.41, 5.74) is 4.48. The van der Waals surface area contributed by atoms with E-state index in [2.05, 4.69) is 58.0 Å². The normalized spacial score (nSPS) is 14.0. The maximum absolute atomic E-state index is 11.0. The first-order valence-corrected chi connectivity index (χ1v) is 12.6. The van der Waals surface area contributed by atoms with Crippen molar-refractivity contribution < 1.29 is 48.9 Å². The second kappa shape index (κ2) is 14.8. The van der Waals surface area contributed by atoms with E-state index < -0.39 is 5.97 Å². The maximum atomic E-state index is 11.0. The number of ether oxygens (including phenoxy) is 2. The average molecular weight is 521 g/mol. The van der Waals surface area contributed by atoms with E-state index in [4.69, 9.17) is 9.47 Å². The molecule has 3 aromatic carbocycles. The van der Waals surface area contributed by atoms with E-state index in [1.54, 1.807) is 14.0 Å². The van der Waals surface area contributed by atoms with Gasteiger partial charge in [0, 0.05) is 50.8 Å². The molecule has 0 saturated carbocycles. The number of carbonyl (C=O) groups excluding carboxylic acids is 1. The minimum Gasteiger partial charge on any atom is -0.550 e. The van der Waals surface area contributed by atoms with Crippen molar-refractivity contribution in [2.75, 3.05) is 38.2 Å². The molecule has 6 nitrogen and oxygen atoms in total. The van der Waals surface area contributed by atoms with E-state index >= 15 is 0 Å². The molecule has 0 spiro atoms. The molecule has 1 aliphatic rings. The molecule has 1 fully saturated rings. The second-order valence-corrected chi connectivity index (χ2v) is 9.16. The molecule has 4 rings (SSSR count). The van der Waals surface area contributed by atoms with E-state index in [0.29, 0.717) is 6.61 Å². The molecule has 38 heavy (non-hydrogen) atoms. The Morgan fingerprint density at radius 3 is 2.08 bits per heavy atom. The number of aliphatic carboxylic acids is 1. The largest absolute Gasteiger partial charge is 1.00 e. The van der Waals surface area contributed by atoms with E-state index in [-0.39, 0.29) is 41.9 Å². The van der Waals surface area contributed by atoms with Gasteiger partial charge in [0.2, 0.25) is 0 Å². The first-order chi connectivity index (χ1) is 18.0. The summed E-state index contributed by atoms with van der Waals surface area (Å²) in [5.74, 6) is 5.87. The van der Waals surface area contributed by atoms with Crippen LogP contribution in [0.15, 0.2) is 72.8 Å². The number of benzene rings is 3. The summed E-state index contributed by atoms with van der Waals surface area (Å²) in [4.78, 5) is 15.9. The monoisotopic (exact) mass is 520 g/mol. The summed E-state index contributed by atoms with van der Waals surface area (Å²) in [6.07, 6.45) is -0.119. The fourth-order valence-corrected chi connectivity index (χ4v) is 4.51. The average Bonchev–Trinajstić information content (AvgIpc) is 2.93. The van der Waals surface area contributed by atoms with Crippen LogP contribution in [0.1, 0.15) is 36.0 Å². The Balaban J connectivity index is 0.00000400. The van der Waals surface area contributed by atoms with Gasteiger partial charge in [0.25, 0.3) is 0 Å². The zero-order chi connectivity index (χ0) is 26.0. The van der Waals surface area contributed by atoms with Gasteiger partial charge in [-0.2, -0.15) is 0 Å². The molecule has 0 aliphatic carbocycles. The fraction of sp³-hybridized carbons (Fsp3) is 0.323. The number of hydrogen-bond acceptors (Lipinski definition) is 6. The van der Waals surface area contributed by atoms with Crippen molar-refractivity contribution >= 4 is 11.7 Å². The number of nitrogens with zero attached hydrogens (tertiary/aromatic N) is 2. The van der Waals surface area contributed by atoms with Crippen molar-refractivity contribution in [3.05, 3.63) is 89.5 Å². The van der Waals surface area contributed by atoms with Crippen LogP contribution in [0.4, 0.5) is 5.69 Å². The number of carboxylic acid groups (broad SMARTS) is 1. The van der Waals surface area contributed by atoms with Gasteiger partial charge in [-0.3, -0.25) is 4.90 Å². The van der Waals surface area contributed by atoms with E-state index in [0.717, 1.165) is 55.3 Å². The van der Waals surface area contributed by atoms with Gasteiger partial charge in [0.15, 0.2) is 0 Å². The number of anilines is 1. The molecule has 1 heterocycles. The van der Waals surface area contributed by atoms with Crippen molar-refractivity contribution in [3.63, 3.8) is 0 Å². The van der Waals surface area contributed by atoms with Crippen LogP contribution < -0.4 is 49.0 Å². The molecular weight excluding hydrogens is 487 g/mol. The van der Waals surface area contributed by atoms with E-state index in [1.165, 1.54) is 11.3 Å². The number of piperazine rings is 1. The molecule has 192 valence electrons. The molecule has 0 N–H and O–H groups in total. The Morgan fingerprint density at radius 1 is 0.895 bits per heavy atom. The van der Waals surface area contributed by atoms with Gasteiger partial charge >= 0.3 is 29.6 Å². The number of carbonyl (C=O) groups is 1. The Kier molecular flexibility index (Phi) is 11.6. The maximum Gasteiger partial charge on any atom is 1.00 e. The predicted octanol–water partition coefficient (Wildman–Crippen LogP) is 0.847. The molecule has 7 heteroatoms. The fourth-order valence-electron chi connectivity index (χ4n) is 4.51. The molecule has 1 aliphatic heterocycles. The number of rotatable bonds is 10. The van der Waals surface area contributed by atoms with Crippen LogP contribution in [0.3, 0.4) is 0 Å². The van der Waals surface area contributed by atoms with Gasteiger partial charge in [-0.25, -0.2) is 0 Å². The third-order valence-electron chi connectivity index (χ3n) is 6.62. The smallest absolute Gasteiger partial charge is 0.550 e. The Morgan fingerprint density at radius 2 is 1.50 bits per heavy atom. The molecule has 0 radical (unpaired) electrons. The first kappa shape index (κ1) is 29.6. The van der Waals surface area contributed by atoms with Crippen LogP contribution in [-0.4, -0.2) is 44.2 Å². The number of carboxylic acids is 1. The molecule has 1 atom stereocenters. The standard InChI is InChI=1S/C31H34N2O4.Na/c1-3-4-27(21-31(34)35)26-9-13-30(14-10-26)37-23-25-7-5-24(6-8-25)22-32-17-19-33(20-18-32)28-11-15-29(36-2)16-12-28;/h5-16,27H,17-23H2,1-2H3,(H,34,35);/q;+1/p-1/t27-;/m0./s1.